The standard InChI is InChI=1S/C11H19N3O3S/c1-2-14(6-3-4-12)11(15)8-10-9-18(16,17)7-5-13-10/h10,13H,2-3,5-9H2,1H3. The van der Waals surface area contributed by atoms with E-state index in [0.29, 0.717) is 26.1 Å². The highest BCUT2D eigenvalue weighted by Crippen LogP contribution is 2.07. The highest BCUT2D eigenvalue weighted by Gasteiger charge is 2.27. The van der Waals surface area contributed by atoms with Gasteiger partial charge in [-0.1, -0.05) is 0 Å². The molecule has 1 rings (SSSR count). The van der Waals surface area contributed by atoms with Crippen molar-refractivity contribution >= 4 is 15.7 Å². The van der Waals surface area contributed by atoms with E-state index in [1.807, 2.05) is 13.0 Å². The predicted octanol–water partition coefficient (Wildman–Crippen LogP) is -0.475. The molecule has 1 N–H and O–H groups in total. The first-order valence-corrected chi connectivity index (χ1v) is 7.89. The van der Waals surface area contributed by atoms with Crippen molar-refractivity contribution in [3.63, 3.8) is 0 Å². The number of nitrogens with one attached hydrogen (secondary N) is 1. The number of hydrogen-bond acceptors (Lipinski definition) is 5. The minimum absolute atomic E-state index is 0.0224. The molecule has 0 aliphatic carbocycles. The zero-order valence-electron chi connectivity index (χ0n) is 10.6. The molecule has 1 fully saturated rings. The van der Waals surface area contributed by atoms with Crippen LogP contribution in [0.3, 0.4) is 0 Å². The van der Waals surface area contributed by atoms with E-state index in [4.69, 9.17) is 5.26 Å². The van der Waals surface area contributed by atoms with Crippen molar-refractivity contribution in [3.8, 4) is 6.07 Å². The van der Waals surface area contributed by atoms with Crippen LogP contribution in [0.15, 0.2) is 0 Å². The van der Waals surface area contributed by atoms with Gasteiger partial charge in [0.15, 0.2) is 9.84 Å². The lowest BCUT2D eigenvalue weighted by Crippen LogP contribution is -2.48. The van der Waals surface area contributed by atoms with Crippen LogP contribution in [0, 0.1) is 11.3 Å². The van der Waals surface area contributed by atoms with Crippen LogP contribution in [0.5, 0.6) is 0 Å². The smallest absolute Gasteiger partial charge is 0.224 e. The van der Waals surface area contributed by atoms with Crippen LogP contribution in [-0.2, 0) is 14.6 Å². The first-order valence-electron chi connectivity index (χ1n) is 6.07. The predicted molar refractivity (Wildman–Crippen MR) is 67.5 cm³/mol. The molecule has 0 aromatic rings. The molecule has 0 bridgehead atoms. The van der Waals surface area contributed by atoms with Crippen molar-refractivity contribution in [1.82, 2.24) is 10.2 Å². The van der Waals surface area contributed by atoms with Crippen LogP contribution in [0.2, 0.25) is 0 Å². The Balaban J connectivity index is 2.50. The highest BCUT2D eigenvalue weighted by atomic mass is 32.2. The van der Waals surface area contributed by atoms with E-state index in [0.717, 1.165) is 0 Å². The van der Waals surface area contributed by atoms with Gasteiger partial charge in [-0.25, -0.2) is 8.42 Å². The van der Waals surface area contributed by atoms with E-state index < -0.39 is 9.84 Å². The summed E-state index contributed by atoms with van der Waals surface area (Å²) in [6, 6.07) is 1.70. The summed E-state index contributed by atoms with van der Waals surface area (Å²) >= 11 is 0. The van der Waals surface area contributed by atoms with Crippen LogP contribution < -0.4 is 5.32 Å². The first kappa shape index (κ1) is 14.9. The third kappa shape index (κ3) is 4.63. The summed E-state index contributed by atoms with van der Waals surface area (Å²) in [5, 5.41) is 11.6. The summed E-state index contributed by atoms with van der Waals surface area (Å²) in [7, 11) is -3.01. The Morgan fingerprint density at radius 1 is 1.56 bits per heavy atom. The first-order chi connectivity index (χ1) is 8.48. The van der Waals surface area contributed by atoms with Crippen LogP contribution in [0.4, 0.5) is 0 Å². The Bertz CT molecular complexity index is 427. The van der Waals surface area contributed by atoms with E-state index in [-0.39, 0.29) is 29.9 Å². The average molecular weight is 273 g/mol. The van der Waals surface area contributed by atoms with Gasteiger partial charge in [0.25, 0.3) is 0 Å². The number of sulfone groups is 1. The number of nitrogens with zero attached hydrogens (tertiary/aromatic N) is 2. The number of amides is 1. The summed E-state index contributed by atoms with van der Waals surface area (Å²) in [5.74, 6) is 0.0698. The molecule has 1 amide bonds. The van der Waals surface area contributed by atoms with E-state index in [9.17, 15) is 13.2 Å². The van der Waals surface area contributed by atoms with E-state index >= 15 is 0 Å². The van der Waals surface area contributed by atoms with Gasteiger partial charge in [0, 0.05) is 32.1 Å². The van der Waals surface area contributed by atoms with Gasteiger partial charge in [-0.2, -0.15) is 5.26 Å². The maximum atomic E-state index is 11.9. The molecule has 102 valence electrons. The van der Waals surface area contributed by atoms with Gasteiger partial charge >= 0.3 is 0 Å². The molecule has 0 saturated carbocycles. The topological polar surface area (TPSA) is 90.3 Å². The van der Waals surface area contributed by atoms with Crippen LogP contribution in [-0.4, -0.2) is 56.4 Å². The fourth-order valence-corrected chi connectivity index (χ4v) is 3.43. The summed E-state index contributed by atoms with van der Waals surface area (Å²) in [6.45, 7) is 3.20. The fourth-order valence-electron chi connectivity index (χ4n) is 1.98. The van der Waals surface area contributed by atoms with Crippen molar-refractivity contribution in [2.24, 2.45) is 0 Å². The number of carbonyl (C=O) groups excluding carboxylic acids is 1. The Labute approximate surface area is 108 Å². The summed E-state index contributed by atoms with van der Waals surface area (Å²) < 4.78 is 22.9. The van der Waals surface area contributed by atoms with E-state index in [1.165, 1.54) is 0 Å². The number of nitriles is 1. The Hall–Kier alpha value is -1.13. The molecule has 0 radical (unpaired) electrons. The quantitative estimate of drug-likeness (QED) is 0.731. The molecular formula is C11H19N3O3S. The normalized spacial score (nSPS) is 22.1. The molecule has 6 nitrogen and oxygen atoms in total. The van der Waals surface area contributed by atoms with Crippen LogP contribution in [0.25, 0.3) is 0 Å². The second kappa shape index (κ2) is 6.71. The van der Waals surface area contributed by atoms with E-state index in [2.05, 4.69) is 5.32 Å². The Morgan fingerprint density at radius 2 is 2.28 bits per heavy atom. The molecule has 1 heterocycles. The van der Waals surface area contributed by atoms with Gasteiger partial charge in [0.2, 0.25) is 5.91 Å². The third-order valence-corrected chi connectivity index (χ3v) is 4.69. The average Bonchev–Trinajstić information content (AvgIpc) is 2.28. The molecule has 0 aromatic heterocycles. The van der Waals surface area contributed by atoms with Crippen molar-refractivity contribution in [2.45, 2.75) is 25.8 Å². The number of hydrogen-bond donors (Lipinski definition) is 1. The highest BCUT2D eigenvalue weighted by molar-refractivity contribution is 7.91. The zero-order chi connectivity index (χ0) is 13.6. The van der Waals surface area contributed by atoms with E-state index in [1.54, 1.807) is 4.90 Å². The minimum Gasteiger partial charge on any atom is -0.342 e. The lowest BCUT2D eigenvalue weighted by molar-refractivity contribution is -0.131. The second-order valence-corrected chi connectivity index (χ2v) is 6.58. The molecular weight excluding hydrogens is 254 g/mol. The summed E-state index contributed by atoms with van der Waals surface area (Å²) in [4.78, 5) is 13.5. The van der Waals surface area contributed by atoms with Gasteiger partial charge in [0.1, 0.15) is 0 Å². The van der Waals surface area contributed by atoms with Crippen molar-refractivity contribution in [1.29, 1.82) is 5.26 Å². The summed E-state index contributed by atoms with van der Waals surface area (Å²) in [6.07, 6.45) is 0.481. The molecule has 1 aliphatic heterocycles. The molecule has 18 heavy (non-hydrogen) atoms. The number of rotatable bonds is 5. The molecule has 7 heteroatoms. The van der Waals surface area contributed by atoms with Crippen LogP contribution in [0.1, 0.15) is 19.8 Å². The fraction of sp³-hybridized carbons (Fsp3) is 0.818. The molecule has 1 aliphatic rings. The minimum atomic E-state index is -3.01. The molecule has 0 aromatic carbocycles. The van der Waals surface area contributed by atoms with Crippen LogP contribution >= 0.6 is 0 Å². The largest absolute Gasteiger partial charge is 0.342 e. The van der Waals surface area contributed by atoms with Crippen molar-refractivity contribution in [2.75, 3.05) is 31.1 Å². The summed E-state index contributed by atoms with van der Waals surface area (Å²) in [5.41, 5.74) is 0. The molecule has 1 unspecified atom stereocenters. The Morgan fingerprint density at radius 3 is 2.83 bits per heavy atom. The van der Waals surface area contributed by atoms with Gasteiger partial charge in [-0.3, -0.25) is 4.79 Å². The maximum Gasteiger partial charge on any atom is 0.224 e. The van der Waals surface area contributed by atoms with Gasteiger partial charge in [-0.05, 0) is 6.92 Å². The van der Waals surface area contributed by atoms with Gasteiger partial charge in [-0.15, -0.1) is 0 Å². The Kier molecular flexibility index (Phi) is 5.56. The second-order valence-electron chi connectivity index (χ2n) is 4.35. The van der Waals surface area contributed by atoms with Gasteiger partial charge in [0.05, 0.1) is 24.0 Å². The molecule has 0 spiro atoms. The monoisotopic (exact) mass is 273 g/mol. The third-order valence-electron chi connectivity index (χ3n) is 2.95. The lowest BCUT2D eigenvalue weighted by Gasteiger charge is -2.26. The molecule has 1 saturated heterocycles. The van der Waals surface area contributed by atoms with Gasteiger partial charge < -0.3 is 10.2 Å². The van der Waals surface area contributed by atoms with Crippen molar-refractivity contribution < 1.29 is 13.2 Å². The lowest BCUT2D eigenvalue weighted by atomic mass is 10.2. The van der Waals surface area contributed by atoms with Crippen molar-refractivity contribution in [3.05, 3.63) is 0 Å². The maximum absolute atomic E-state index is 11.9. The zero-order valence-corrected chi connectivity index (χ0v) is 11.4. The SMILES string of the molecule is CCN(CCC#N)C(=O)CC1CS(=O)(=O)CCN1. The number of carbonyl (C=O) groups is 1. The molecule has 1 atom stereocenters.